The largest absolute Gasteiger partial charge is 0.371 e. The van der Waals surface area contributed by atoms with Crippen molar-refractivity contribution in [2.75, 3.05) is 31.6 Å². The van der Waals surface area contributed by atoms with E-state index in [2.05, 4.69) is 22.3 Å². The monoisotopic (exact) mass is 393 g/mol. The number of anilines is 1. The normalized spacial score (nSPS) is 14.5. The molecule has 1 aliphatic rings. The molecule has 0 aliphatic carbocycles. The van der Waals surface area contributed by atoms with E-state index in [-0.39, 0.29) is 17.9 Å². The van der Waals surface area contributed by atoms with Crippen molar-refractivity contribution in [3.63, 3.8) is 0 Å². The Morgan fingerprint density at radius 1 is 1.03 bits per heavy atom. The first-order valence-electron chi connectivity index (χ1n) is 10.5. The van der Waals surface area contributed by atoms with E-state index in [1.54, 1.807) is 4.90 Å². The van der Waals surface area contributed by atoms with Crippen molar-refractivity contribution in [2.45, 2.75) is 38.6 Å². The van der Waals surface area contributed by atoms with Crippen LogP contribution in [0, 0.1) is 0 Å². The maximum Gasteiger partial charge on any atom is 0.255 e. The number of para-hydroxylation sites is 1. The number of nitrogens with zero attached hydrogens (tertiary/aromatic N) is 2. The average Bonchev–Trinajstić information content (AvgIpc) is 2.78. The molecule has 1 fully saturated rings. The second-order valence-corrected chi connectivity index (χ2v) is 7.65. The molecular weight excluding hydrogens is 362 g/mol. The average molecular weight is 394 g/mol. The summed E-state index contributed by atoms with van der Waals surface area (Å²) < 4.78 is 0. The Hall–Kier alpha value is -2.82. The summed E-state index contributed by atoms with van der Waals surface area (Å²) in [7, 11) is 1.83. The van der Waals surface area contributed by atoms with Gasteiger partial charge in [0.15, 0.2) is 0 Å². The first kappa shape index (κ1) is 20.9. The Bertz CT molecular complexity index is 814. The predicted molar refractivity (Wildman–Crippen MR) is 117 cm³/mol. The van der Waals surface area contributed by atoms with Crippen molar-refractivity contribution in [3.05, 3.63) is 65.7 Å². The van der Waals surface area contributed by atoms with E-state index in [9.17, 15) is 9.59 Å². The van der Waals surface area contributed by atoms with Crippen LogP contribution in [0.5, 0.6) is 0 Å². The highest BCUT2D eigenvalue weighted by Crippen LogP contribution is 2.25. The molecule has 2 amide bonds. The van der Waals surface area contributed by atoms with E-state index in [0.717, 1.165) is 43.6 Å². The van der Waals surface area contributed by atoms with E-state index in [1.165, 1.54) is 5.56 Å². The number of carbonyl (C=O) groups is 2. The van der Waals surface area contributed by atoms with Crippen LogP contribution in [0.25, 0.3) is 0 Å². The maximum atomic E-state index is 12.7. The summed E-state index contributed by atoms with van der Waals surface area (Å²) in [6.45, 7) is 4.34. The van der Waals surface area contributed by atoms with Crippen LogP contribution >= 0.6 is 0 Å². The molecule has 3 rings (SSSR count). The molecule has 5 heteroatoms. The summed E-state index contributed by atoms with van der Waals surface area (Å²) in [5.41, 5.74) is 2.93. The molecular formula is C24H31N3O2. The second kappa shape index (κ2) is 10.1. The predicted octanol–water partition coefficient (Wildman–Crippen LogP) is 3.50. The number of piperidine rings is 1. The molecule has 1 aliphatic heterocycles. The SMILES string of the molecule is CCN(C)C(=O)c1ccccc1N1CCC(NC(=O)CCc2ccccc2)CC1. The second-order valence-electron chi connectivity index (χ2n) is 7.65. The van der Waals surface area contributed by atoms with Gasteiger partial charge in [-0.15, -0.1) is 0 Å². The topological polar surface area (TPSA) is 52.7 Å². The van der Waals surface area contributed by atoms with E-state index in [1.807, 2.05) is 56.4 Å². The number of nitrogens with one attached hydrogen (secondary N) is 1. The molecule has 5 nitrogen and oxygen atoms in total. The van der Waals surface area contributed by atoms with Crippen LogP contribution in [-0.2, 0) is 11.2 Å². The number of carbonyl (C=O) groups excluding carboxylic acids is 2. The smallest absolute Gasteiger partial charge is 0.255 e. The number of benzene rings is 2. The molecule has 154 valence electrons. The minimum Gasteiger partial charge on any atom is -0.371 e. The lowest BCUT2D eigenvalue weighted by Crippen LogP contribution is -2.45. The highest BCUT2D eigenvalue weighted by molar-refractivity contribution is 5.99. The number of aryl methyl sites for hydroxylation is 1. The third-order valence-electron chi connectivity index (χ3n) is 5.64. The minimum absolute atomic E-state index is 0.0550. The number of amides is 2. The fourth-order valence-electron chi connectivity index (χ4n) is 3.75. The molecule has 0 aromatic heterocycles. The van der Waals surface area contributed by atoms with Crippen molar-refractivity contribution < 1.29 is 9.59 Å². The van der Waals surface area contributed by atoms with Crippen LogP contribution < -0.4 is 10.2 Å². The number of rotatable bonds is 7. The molecule has 2 aromatic rings. The fraction of sp³-hybridized carbons (Fsp3) is 0.417. The molecule has 1 heterocycles. The van der Waals surface area contributed by atoms with Crippen molar-refractivity contribution in [1.29, 1.82) is 0 Å². The lowest BCUT2D eigenvalue weighted by atomic mass is 10.0. The van der Waals surface area contributed by atoms with Crippen molar-refractivity contribution in [1.82, 2.24) is 10.2 Å². The fourth-order valence-corrected chi connectivity index (χ4v) is 3.75. The quantitative estimate of drug-likeness (QED) is 0.783. The molecule has 29 heavy (non-hydrogen) atoms. The minimum atomic E-state index is 0.0550. The lowest BCUT2D eigenvalue weighted by molar-refractivity contribution is -0.121. The van der Waals surface area contributed by atoms with Gasteiger partial charge in [-0.05, 0) is 43.9 Å². The summed E-state index contributed by atoms with van der Waals surface area (Å²) in [5, 5.41) is 3.19. The molecule has 0 atom stereocenters. The molecule has 0 saturated carbocycles. The third-order valence-corrected chi connectivity index (χ3v) is 5.64. The lowest BCUT2D eigenvalue weighted by Gasteiger charge is -2.35. The zero-order valence-electron chi connectivity index (χ0n) is 17.4. The van der Waals surface area contributed by atoms with Crippen LogP contribution in [0.3, 0.4) is 0 Å². The van der Waals surface area contributed by atoms with E-state index in [4.69, 9.17) is 0 Å². The van der Waals surface area contributed by atoms with Gasteiger partial charge in [0.2, 0.25) is 5.91 Å². The van der Waals surface area contributed by atoms with Gasteiger partial charge in [-0.2, -0.15) is 0 Å². The van der Waals surface area contributed by atoms with Crippen LogP contribution in [0.15, 0.2) is 54.6 Å². The standard InChI is InChI=1S/C24H31N3O2/c1-3-26(2)24(29)21-11-7-8-12-22(21)27-17-15-20(16-18-27)25-23(28)14-13-19-9-5-4-6-10-19/h4-12,20H,3,13-18H2,1-2H3,(H,25,28). The molecule has 0 spiro atoms. The van der Waals surface area contributed by atoms with Gasteiger partial charge < -0.3 is 15.1 Å². The van der Waals surface area contributed by atoms with Crippen molar-refractivity contribution in [3.8, 4) is 0 Å². The summed E-state index contributed by atoms with van der Waals surface area (Å²) in [4.78, 5) is 29.0. The Labute approximate surface area is 173 Å². The zero-order chi connectivity index (χ0) is 20.6. The summed E-state index contributed by atoms with van der Waals surface area (Å²) in [5.74, 6) is 0.173. The van der Waals surface area contributed by atoms with E-state index < -0.39 is 0 Å². The van der Waals surface area contributed by atoms with Gasteiger partial charge in [0, 0.05) is 44.8 Å². The van der Waals surface area contributed by atoms with Crippen LogP contribution in [0.2, 0.25) is 0 Å². The van der Waals surface area contributed by atoms with Gasteiger partial charge in [0.1, 0.15) is 0 Å². The van der Waals surface area contributed by atoms with E-state index in [0.29, 0.717) is 13.0 Å². The van der Waals surface area contributed by atoms with Gasteiger partial charge in [0.05, 0.1) is 5.56 Å². The molecule has 0 bridgehead atoms. The molecule has 0 radical (unpaired) electrons. The Morgan fingerprint density at radius 2 is 1.69 bits per heavy atom. The van der Waals surface area contributed by atoms with E-state index >= 15 is 0 Å². The van der Waals surface area contributed by atoms with Crippen LogP contribution in [0.1, 0.15) is 42.1 Å². The number of hydrogen-bond acceptors (Lipinski definition) is 3. The van der Waals surface area contributed by atoms with Gasteiger partial charge in [0.25, 0.3) is 5.91 Å². The first-order chi connectivity index (χ1) is 14.1. The Balaban J connectivity index is 1.52. The highest BCUT2D eigenvalue weighted by atomic mass is 16.2. The van der Waals surface area contributed by atoms with Crippen LogP contribution in [-0.4, -0.2) is 49.4 Å². The molecule has 1 N–H and O–H groups in total. The molecule has 2 aromatic carbocycles. The van der Waals surface area contributed by atoms with Gasteiger partial charge in [-0.1, -0.05) is 42.5 Å². The van der Waals surface area contributed by atoms with Gasteiger partial charge in [-0.25, -0.2) is 0 Å². The summed E-state index contributed by atoms with van der Waals surface area (Å²) in [6.07, 6.45) is 3.07. The van der Waals surface area contributed by atoms with Gasteiger partial charge >= 0.3 is 0 Å². The zero-order valence-corrected chi connectivity index (χ0v) is 17.4. The van der Waals surface area contributed by atoms with Crippen molar-refractivity contribution in [2.24, 2.45) is 0 Å². The summed E-state index contributed by atoms with van der Waals surface area (Å²) in [6, 6.07) is 18.1. The Kier molecular flexibility index (Phi) is 7.28. The third kappa shape index (κ3) is 5.59. The summed E-state index contributed by atoms with van der Waals surface area (Å²) >= 11 is 0. The maximum absolute atomic E-state index is 12.7. The van der Waals surface area contributed by atoms with Gasteiger partial charge in [-0.3, -0.25) is 9.59 Å². The molecule has 0 unspecified atom stereocenters. The molecule has 1 saturated heterocycles. The first-order valence-corrected chi connectivity index (χ1v) is 10.5. The van der Waals surface area contributed by atoms with Crippen molar-refractivity contribution >= 4 is 17.5 Å². The number of hydrogen-bond donors (Lipinski definition) is 1. The highest BCUT2D eigenvalue weighted by Gasteiger charge is 2.24. The Morgan fingerprint density at radius 3 is 2.38 bits per heavy atom. The van der Waals surface area contributed by atoms with Crippen LogP contribution in [0.4, 0.5) is 5.69 Å².